The van der Waals surface area contributed by atoms with Crippen molar-refractivity contribution in [3.8, 4) is 17.2 Å². The van der Waals surface area contributed by atoms with Crippen LogP contribution in [0.5, 0.6) is 17.2 Å². The monoisotopic (exact) mass is 560 g/mol. The van der Waals surface area contributed by atoms with Gasteiger partial charge in [-0.2, -0.15) is 0 Å². The first kappa shape index (κ1) is 29.8. The number of hydrogen-bond acceptors (Lipinski definition) is 7. The summed E-state index contributed by atoms with van der Waals surface area (Å²) in [5.41, 5.74) is 2.35. The molecule has 41 heavy (non-hydrogen) atoms. The molecule has 0 radical (unpaired) electrons. The molecule has 3 aromatic rings. The summed E-state index contributed by atoms with van der Waals surface area (Å²) >= 11 is 0. The Morgan fingerprint density at radius 2 is 1.61 bits per heavy atom. The molecule has 9 heteroatoms. The van der Waals surface area contributed by atoms with Crippen molar-refractivity contribution in [1.82, 2.24) is 15.3 Å². The molecule has 4 rings (SSSR count). The molecule has 0 spiro atoms. The van der Waals surface area contributed by atoms with E-state index < -0.39 is 11.9 Å². The van der Waals surface area contributed by atoms with Crippen LogP contribution >= 0.6 is 0 Å². The van der Waals surface area contributed by atoms with Gasteiger partial charge in [0.15, 0.2) is 11.5 Å². The van der Waals surface area contributed by atoms with Gasteiger partial charge >= 0.3 is 0 Å². The summed E-state index contributed by atoms with van der Waals surface area (Å²) in [5, 5.41) is 3.23. The lowest BCUT2D eigenvalue weighted by Crippen LogP contribution is -2.47. The van der Waals surface area contributed by atoms with Crippen LogP contribution in [-0.4, -0.2) is 49.2 Å². The summed E-state index contributed by atoms with van der Waals surface area (Å²) in [5.74, 6) is 0.776. The van der Waals surface area contributed by atoms with Crippen LogP contribution in [0.25, 0.3) is 0 Å². The Hall–Kier alpha value is -4.14. The molecule has 1 N–H and O–H groups in total. The Morgan fingerprint density at radius 3 is 2.15 bits per heavy atom. The van der Waals surface area contributed by atoms with Crippen LogP contribution in [-0.2, 0) is 4.79 Å². The van der Waals surface area contributed by atoms with Crippen molar-refractivity contribution in [3.05, 3.63) is 71.8 Å². The average Bonchev–Trinajstić information content (AvgIpc) is 3.03. The first-order chi connectivity index (χ1) is 19.9. The van der Waals surface area contributed by atoms with Crippen molar-refractivity contribution >= 4 is 17.5 Å². The van der Waals surface area contributed by atoms with Crippen LogP contribution in [0.1, 0.15) is 85.9 Å². The maximum absolute atomic E-state index is 14.3. The molecule has 0 unspecified atom stereocenters. The maximum atomic E-state index is 14.3. The summed E-state index contributed by atoms with van der Waals surface area (Å²) in [6, 6.07) is 10.2. The summed E-state index contributed by atoms with van der Waals surface area (Å²) in [4.78, 5) is 38.4. The third-order valence-electron chi connectivity index (χ3n) is 7.81. The topological polar surface area (TPSA) is 103 Å². The molecule has 1 aliphatic rings. The van der Waals surface area contributed by atoms with Gasteiger partial charge in [-0.05, 0) is 60.6 Å². The molecule has 2 aromatic carbocycles. The Morgan fingerprint density at radius 1 is 0.951 bits per heavy atom. The molecule has 0 saturated heterocycles. The average molecular weight is 561 g/mol. The Bertz CT molecular complexity index is 1280. The van der Waals surface area contributed by atoms with Gasteiger partial charge < -0.3 is 19.5 Å². The van der Waals surface area contributed by atoms with Crippen molar-refractivity contribution in [1.29, 1.82) is 0 Å². The van der Waals surface area contributed by atoms with E-state index in [0.29, 0.717) is 34.4 Å². The SMILES string of the molecule is CC[C@@H](C)c1ccc(N(C(=O)c2cnccn2)[C@@H](C(=O)NC2CCCCC2)c2cc(OC)c(OC)c(OC)c2)cc1. The number of nitrogens with zero attached hydrogens (tertiary/aromatic N) is 3. The molecule has 0 aliphatic heterocycles. The number of carbonyl (C=O) groups is 2. The lowest BCUT2D eigenvalue weighted by Gasteiger charge is -2.34. The second-order valence-corrected chi connectivity index (χ2v) is 10.4. The van der Waals surface area contributed by atoms with E-state index in [2.05, 4.69) is 29.1 Å². The third kappa shape index (κ3) is 6.78. The van der Waals surface area contributed by atoms with Gasteiger partial charge in [-0.15, -0.1) is 0 Å². The minimum absolute atomic E-state index is 0.0297. The predicted octanol–water partition coefficient (Wildman–Crippen LogP) is 5.85. The van der Waals surface area contributed by atoms with Gasteiger partial charge in [0.25, 0.3) is 5.91 Å². The van der Waals surface area contributed by atoms with Gasteiger partial charge in [-0.25, -0.2) is 4.98 Å². The van der Waals surface area contributed by atoms with Gasteiger partial charge in [-0.3, -0.25) is 19.5 Å². The highest BCUT2D eigenvalue weighted by Gasteiger charge is 2.36. The molecule has 9 nitrogen and oxygen atoms in total. The van der Waals surface area contributed by atoms with E-state index in [0.717, 1.165) is 44.1 Å². The molecular formula is C32H40N4O5. The van der Waals surface area contributed by atoms with Crippen LogP contribution < -0.4 is 24.4 Å². The fraction of sp³-hybridized carbons (Fsp3) is 0.438. The number of anilines is 1. The quantitative estimate of drug-likeness (QED) is 0.314. The number of nitrogens with one attached hydrogen (secondary N) is 1. The van der Waals surface area contributed by atoms with E-state index in [4.69, 9.17) is 14.2 Å². The van der Waals surface area contributed by atoms with Gasteiger partial charge in [0, 0.05) is 24.1 Å². The van der Waals surface area contributed by atoms with Gasteiger partial charge in [-0.1, -0.05) is 45.2 Å². The highest BCUT2D eigenvalue weighted by molar-refractivity contribution is 6.09. The number of aromatic nitrogens is 2. The number of rotatable bonds is 11. The van der Waals surface area contributed by atoms with E-state index in [1.807, 2.05) is 24.3 Å². The van der Waals surface area contributed by atoms with Crippen LogP contribution in [0, 0.1) is 0 Å². The molecule has 218 valence electrons. The number of amides is 2. The largest absolute Gasteiger partial charge is 0.493 e. The fourth-order valence-electron chi connectivity index (χ4n) is 5.32. The second-order valence-electron chi connectivity index (χ2n) is 10.4. The van der Waals surface area contributed by atoms with E-state index in [9.17, 15) is 9.59 Å². The first-order valence-electron chi connectivity index (χ1n) is 14.2. The lowest BCUT2D eigenvalue weighted by atomic mass is 9.94. The van der Waals surface area contributed by atoms with E-state index in [1.165, 1.54) is 44.8 Å². The third-order valence-corrected chi connectivity index (χ3v) is 7.81. The zero-order valence-corrected chi connectivity index (χ0v) is 24.6. The molecule has 1 heterocycles. The standard InChI is InChI=1S/C32H40N4O5/c1-6-21(2)22-12-14-25(15-13-22)36(32(38)26-20-33-16-17-34-26)29(31(37)35-24-10-8-7-9-11-24)23-18-27(39-3)30(41-5)28(19-23)40-4/h12-21,24,29H,6-11H2,1-5H3,(H,35,37)/t21-,29-/m1/s1. The van der Waals surface area contributed by atoms with Crippen molar-refractivity contribution in [2.24, 2.45) is 0 Å². The number of ether oxygens (including phenoxy) is 3. The molecular weight excluding hydrogens is 520 g/mol. The summed E-state index contributed by atoms with van der Waals surface area (Å²) < 4.78 is 16.8. The lowest BCUT2D eigenvalue weighted by molar-refractivity contribution is -0.123. The molecule has 1 fully saturated rings. The maximum Gasteiger partial charge on any atom is 0.279 e. The summed E-state index contributed by atoms with van der Waals surface area (Å²) in [6.45, 7) is 4.30. The number of methoxy groups -OCH3 is 3. The zero-order valence-electron chi connectivity index (χ0n) is 24.6. The van der Waals surface area contributed by atoms with Crippen molar-refractivity contribution < 1.29 is 23.8 Å². The van der Waals surface area contributed by atoms with Crippen LogP contribution in [0.3, 0.4) is 0 Å². The normalized spacial score (nSPS) is 15.0. The Kier molecular flexibility index (Phi) is 10.2. The van der Waals surface area contributed by atoms with Gasteiger partial charge in [0.2, 0.25) is 11.7 Å². The highest BCUT2D eigenvalue weighted by atomic mass is 16.5. The molecule has 2 atom stereocenters. The van der Waals surface area contributed by atoms with Gasteiger partial charge in [0.1, 0.15) is 11.7 Å². The van der Waals surface area contributed by atoms with E-state index in [1.54, 1.807) is 12.1 Å². The van der Waals surface area contributed by atoms with Crippen molar-refractivity contribution in [2.45, 2.75) is 70.4 Å². The minimum Gasteiger partial charge on any atom is -0.493 e. The first-order valence-corrected chi connectivity index (χ1v) is 14.2. The van der Waals surface area contributed by atoms with Crippen molar-refractivity contribution in [2.75, 3.05) is 26.2 Å². The molecule has 0 bridgehead atoms. The Labute approximate surface area is 242 Å². The number of benzene rings is 2. The minimum atomic E-state index is -1.06. The smallest absolute Gasteiger partial charge is 0.279 e. The summed E-state index contributed by atoms with van der Waals surface area (Å²) in [7, 11) is 4.57. The molecule has 1 aliphatic carbocycles. The van der Waals surface area contributed by atoms with Crippen LogP contribution in [0.15, 0.2) is 55.0 Å². The molecule has 1 aromatic heterocycles. The summed E-state index contributed by atoms with van der Waals surface area (Å²) in [6.07, 6.45) is 10.4. The fourth-order valence-corrected chi connectivity index (χ4v) is 5.32. The van der Waals surface area contributed by atoms with Gasteiger partial charge in [0.05, 0.1) is 27.5 Å². The molecule has 2 amide bonds. The second kappa shape index (κ2) is 14.0. The van der Waals surface area contributed by atoms with Crippen LogP contribution in [0.2, 0.25) is 0 Å². The zero-order chi connectivity index (χ0) is 29.4. The van der Waals surface area contributed by atoms with E-state index >= 15 is 0 Å². The number of hydrogen-bond donors (Lipinski definition) is 1. The predicted molar refractivity (Wildman–Crippen MR) is 158 cm³/mol. The highest BCUT2D eigenvalue weighted by Crippen LogP contribution is 2.42. The molecule has 1 saturated carbocycles. The van der Waals surface area contributed by atoms with E-state index in [-0.39, 0.29) is 17.6 Å². The number of carbonyl (C=O) groups excluding carboxylic acids is 2. The Balaban J connectivity index is 1.90. The van der Waals surface area contributed by atoms with Crippen LogP contribution in [0.4, 0.5) is 5.69 Å². The van der Waals surface area contributed by atoms with Crippen molar-refractivity contribution in [3.63, 3.8) is 0 Å².